The molecular formula is C17H18FNO. The molecule has 2 aromatic carbocycles. The van der Waals surface area contributed by atoms with Gasteiger partial charge in [-0.25, -0.2) is 4.39 Å². The van der Waals surface area contributed by atoms with Crippen LogP contribution in [0.25, 0.3) is 0 Å². The van der Waals surface area contributed by atoms with Gasteiger partial charge in [0.2, 0.25) is 0 Å². The molecule has 0 amide bonds. The molecule has 1 aliphatic heterocycles. The van der Waals surface area contributed by atoms with Crippen LogP contribution in [0.3, 0.4) is 0 Å². The summed E-state index contributed by atoms with van der Waals surface area (Å²) in [5.41, 5.74) is 4.58. The van der Waals surface area contributed by atoms with Crippen molar-refractivity contribution in [3.63, 3.8) is 0 Å². The second kappa shape index (κ2) is 5.16. The van der Waals surface area contributed by atoms with Gasteiger partial charge in [0, 0.05) is 17.7 Å². The van der Waals surface area contributed by atoms with E-state index in [1.165, 1.54) is 22.9 Å². The standard InChI is InChI=1S/C17H18FNO/c1-11-4-3-5-12(2)17(11)19-10-15-9-13-8-14(18)6-7-16(13)20-15/h3-8,15,19H,9-10H2,1-2H3. The fraction of sp³-hybridized carbons (Fsp3) is 0.294. The monoisotopic (exact) mass is 271 g/mol. The van der Waals surface area contributed by atoms with E-state index in [9.17, 15) is 4.39 Å². The number of halogens is 1. The maximum Gasteiger partial charge on any atom is 0.123 e. The van der Waals surface area contributed by atoms with Gasteiger partial charge in [0.1, 0.15) is 17.7 Å². The number of nitrogens with one attached hydrogen (secondary N) is 1. The summed E-state index contributed by atoms with van der Waals surface area (Å²) >= 11 is 0. The lowest BCUT2D eigenvalue weighted by molar-refractivity contribution is 0.246. The lowest BCUT2D eigenvalue weighted by Gasteiger charge is -2.16. The van der Waals surface area contributed by atoms with Crippen molar-refractivity contribution in [2.24, 2.45) is 0 Å². The van der Waals surface area contributed by atoms with Gasteiger partial charge in [-0.2, -0.15) is 0 Å². The molecule has 0 aromatic heterocycles. The zero-order chi connectivity index (χ0) is 14.1. The predicted molar refractivity (Wildman–Crippen MR) is 78.9 cm³/mol. The number of aryl methyl sites for hydroxylation is 2. The van der Waals surface area contributed by atoms with Crippen LogP contribution in [-0.2, 0) is 6.42 Å². The summed E-state index contributed by atoms with van der Waals surface area (Å²) in [6.07, 6.45) is 0.816. The van der Waals surface area contributed by atoms with Crippen LogP contribution in [0.2, 0.25) is 0 Å². The molecule has 0 radical (unpaired) electrons. The molecule has 3 heteroatoms. The number of benzene rings is 2. The van der Waals surface area contributed by atoms with E-state index in [2.05, 4.69) is 37.4 Å². The summed E-state index contributed by atoms with van der Waals surface area (Å²) in [4.78, 5) is 0. The van der Waals surface area contributed by atoms with E-state index < -0.39 is 0 Å². The van der Waals surface area contributed by atoms with Crippen LogP contribution in [0.1, 0.15) is 16.7 Å². The van der Waals surface area contributed by atoms with Gasteiger partial charge in [-0.1, -0.05) is 18.2 Å². The molecular weight excluding hydrogens is 253 g/mol. The summed E-state index contributed by atoms with van der Waals surface area (Å²) < 4.78 is 19.0. The van der Waals surface area contributed by atoms with Crippen molar-refractivity contribution in [1.29, 1.82) is 0 Å². The minimum Gasteiger partial charge on any atom is -0.488 e. The quantitative estimate of drug-likeness (QED) is 0.915. The largest absolute Gasteiger partial charge is 0.488 e. The lowest BCUT2D eigenvalue weighted by Crippen LogP contribution is -2.24. The Morgan fingerprint density at radius 1 is 1.20 bits per heavy atom. The topological polar surface area (TPSA) is 21.3 Å². The number of anilines is 1. The minimum atomic E-state index is -0.198. The molecule has 0 aliphatic carbocycles. The van der Waals surface area contributed by atoms with Crippen LogP contribution in [0.5, 0.6) is 5.75 Å². The molecule has 1 heterocycles. The van der Waals surface area contributed by atoms with Gasteiger partial charge in [-0.05, 0) is 43.2 Å². The second-order valence-electron chi connectivity index (χ2n) is 5.34. The summed E-state index contributed by atoms with van der Waals surface area (Å²) in [6.45, 7) is 4.91. The van der Waals surface area contributed by atoms with E-state index in [-0.39, 0.29) is 11.9 Å². The maximum atomic E-state index is 13.2. The van der Waals surface area contributed by atoms with Gasteiger partial charge in [0.15, 0.2) is 0 Å². The molecule has 0 fully saturated rings. The first-order valence-corrected chi connectivity index (χ1v) is 6.88. The molecule has 0 saturated carbocycles. The summed E-state index contributed by atoms with van der Waals surface area (Å²) in [5, 5.41) is 3.45. The molecule has 0 saturated heterocycles. The van der Waals surface area contributed by atoms with Gasteiger partial charge in [0.05, 0.1) is 6.54 Å². The number of fused-ring (bicyclic) bond motifs is 1. The van der Waals surface area contributed by atoms with Crippen molar-refractivity contribution in [1.82, 2.24) is 0 Å². The molecule has 2 aromatic rings. The summed E-state index contributed by atoms with van der Waals surface area (Å²) in [6, 6.07) is 11.0. The van der Waals surface area contributed by atoms with Crippen molar-refractivity contribution in [2.45, 2.75) is 26.4 Å². The Kier molecular flexibility index (Phi) is 3.35. The van der Waals surface area contributed by atoms with Gasteiger partial charge in [0.25, 0.3) is 0 Å². The molecule has 1 N–H and O–H groups in total. The molecule has 104 valence electrons. The fourth-order valence-corrected chi connectivity index (χ4v) is 2.71. The Bertz CT molecular complexity index is 619. The van der Waals surface area contributed by atoms with Crippen LogP contribution in [0.4, 0.5) is 10.1 Å². The third kappa shape index (κ3) is 2.48. The van der Waals surface area contributed by atoms with Crippen LogP contribution < -0.4 is 10.1 Å². The van der Waals surface area contributed by atoms with Crippen LogP contribution in [0, 0.1) is 19.7 Å². The number of hydrogen-bond acceptors (Lipinski definition) is 2. The molecule has 0 bridgehead atoms. The van der Waals surface area contributed by atoms with Crippen molar-refractivity contribution in [3.05, 3.63) is 58.9 Å². The van der Waals surface area contributed by atoms with Crippen molar-refractivity contribution < 1.29 is 9.13 Å². The Hall–Kier alpha value is -2.03. The van der Waals surface area contributed by atoms with E-state index in [0.717, 1.165) is 24.3 Å². The van der Waals surface area contributed by atoms with E-state index in [1.54, 1.807) is 12.1 Å². The third-order valence-corrected chi connectivity index (χ3v) is 3.75. The first kappa shape index (κ1) is 13.0. The molecule has 3 rings (SSSR count). The molecule has 1 unspecified atom stereocenters. The minimum absolute atomic E-state index is 0.0609. The van der Waals surface area contributed by atoms with E-state index >= 15 is 0 Å². The highest BCUT2D eigenvalue weighted by atomic mass is 19.1. The zero-order valence-corrected chi connectivity index (χ0v) is 11.7. The van der Waals surface area contributed by atoms with Gasteiger partial charge >= 0.3 is 0 Å². The highest BCUT2D eigenvalue weighted by Crippen LogP contribution is 2.29. The van der Waals surface area contributed by atoms with Crippen molar-refractivity contribution in [2.75, 3.05) is 11.9 Å². The average molecular weight is 271 g/mol. The predicted octanol–water partition coefficient (Wildman–Crippen LogP) is 3.86. The fourth-order valence-electron chi connectivity index (χ4n) is 2.71. The Balaban J connectivity index is 1.67. The van der Waals surface area contributed by atoms with Crippen LogP contribution >= 0.6 is 0 Å². The smallest absolute Gasteiger partial charge is 0.123 e. The summed E-state index contributed by atoms with van der Waals surface area (Å²) in [7, 11) is 0. The first-order valence-electron chi connectivity index (χ1n) is 6.88. The Labute approximate surface area is 118 Å². The Morgan fingerprint density at radius 3 is 2.70 bits per heavy atom. The van der Waals surface area contributed by atoms with Gasteiger partial charge in [-0.3, -0.25) is 0 Å². The number of ether oxygens (including phenoxy) is 1. The molecule has 2 nitrogen and oxygen atoms in total. The molecule has 20 heavy (non-hydrogen) atoms. The zero-order valence-electron chi connectivity index (χ0n) is 11.7. The maximum absolute atomic E-state index is 13.2. The van der Waals surface area contributed by atoms with Crippen molar-refractivity contribution >= 4 is 5.69 Å². The second-order valence-corrected chi connectivity index (χ2v) is 5.34. The van der Waals surface area contributed by atoms with Crippen LogP contribution in [0.15, 0.2) is 36.4 Å². The van der Waals surface area contributed by atoms with E-state index in [1.807, 2.05) is 0 Å². The number of rotatable bonds is 3. The summed E-state index contributed by atoms with van der Waals surface area (Å²) in [5.74, 6) is 0.607. The average Bonchev–Trinajstić information content (AvgIpc) is 2.80. The number of hydrogen-bond donors (Lipinski definition) is 1. The van der Waals surface area contributed by atoms with Gasteiger partial charge in [-0.15, -0.1) is 0 Å². The SMILES string of the molecule is Cc1cccc(C)c1NCC1Cc2cc(F)ccc2O1. The number of para-hydroxylation sites is 1. The normalized spacial score (nSPS) is 16.6. The highest BCUT2D eigenvalue weighted by Gasteiger charge is 2.23. The Morgan fingerprint density at radius 2 is 1.95 bits per heavy atom. The van der Waals surface area contributed by atoms with Gasteiger partial charge < -0.3 is 10.1 Å². The van der Waals surface area contributed by atoms with E-state index in [0.29, 0.717) is 0 Å². The van der Waals surface area contributed by atoms with E-state index in [4.69, 9.17) is 4.74 Å². The van der Waals surface area contributed by atoms with Crippen molar-refractivity contribution in [3.8, 4) is 5.75 Å². The first-order chi connectivity index (χ1) is 9.63. The molecule has 1 aliphatic rings. The van der Waals surface area contributed by atoms with Crippen LogP contribution in [-0.4, -0.2) is 12.6 Å². The molecule has 0 spiro atoms. The highest BCUT2D eigenvalue weighted by molar-refractivity contribution is 5.56. The molecule has 1 atom stereocenters. The third-order valence-electron chi connectivity index (χ3n) is 3.75. The lowest BCUT2D eigenvalue weighted by atomic mass is 10.1.